The number of aryl methyl sites for hydroxylation is 2. The highest BCUT2D eigenvalue weighted by Crippen LogP contribution is 2.30. The molecule has 4 rings (SSSR count). The second-order valence-electron chi connectivity index (χ2n) is 7.61. The molecule has 0 aromatic heterocycles. The van der Waals surface area contributed by atoms with E-state index in [9.17, 15) is 9.59 Å². The van der Waals surface area contributed by atoms with E-state index in [1.54, 1.807) is 6.92 Å². The van der Waals surface area contributed by atoms with Gasteiger partial charge in [0.2, 0.25) is 5.91 Å². The number of rotatable bonds is 4. The number of hydrogen-bond acceptors (Lipinski definition) is 6. The van der Waals surface area contributed by atoms with E-state index in [4.69, 9.17) is 19.9 Å². The fraction of sp³-hybridized carbons (Fsp3) is 0.462. The van der Waals surface area contributed by atoms with Crippen molar-refractivity contribution in [1.82, 2.24) is 0 Å². The molecule has 2 aromatic rings. The standard InChI is InChI=1S/C13H17NO3.C11H13NO2.C2H6/c1-2-16-13(15)8-11-5-3-9-7-10(14)4-6-12(9)17-11;1-8(13)12-10-4-5-11-9(7-10)3-2-6-14-11;1-2/h4,6-7,11H,2-3,5,8,14H2,1H3;4-5,7H,2-3,6H2,1H3,(H,12,13);1-2H3/t11-;;/m0../s1. The Morgan fingerprint density at radius 3 is 2.55 bits per heavy atom. The van der Waals surface area contributed by atoms with Crippen LogP contribution in [0.25, 0.3) is 0 Å². The predicted octanol–water partition coefficient (Wildman–Crippen LogP) is 4.91. The fourth-order valence-electron chi connectivity index (χ4n) is 3.66. The van der Waals surface area contributed by atoms with Crippen LogP contribution in [0.5, 0.6) is 11.5 Å². The molecule has 0 bridgehead atoms. The first-order chi connectivity index (χ1) is 15.9. The quantitative estimate of drug-likeness (QED) is 0.501. The maximum absolute atomic E-state index is 11.4. The molecule has 1 atom stereocenters. The molecule has 3 N–H and O–H groups in total. The number of carbonyl (C=O) groups excluding carboxylic acids is 2. The van der Waals surface area contributed by atoms with E-state index in [0.717, 1.165) is 60.7 Å². The Morgan fingerprint density at radius 1 is 1.09 bits per heavy atom. The van der Waals surface area contributed by atoms with E-state index in [1.165, 1.54) is 12.5 Å². The first kappa shape index (κ1) is 26.0. The van der Waals surface area contributed by atoms with Gasteiger partial charge in [-0.3, -0.25) is 9.59 Å². The van der Waals surface area contributed by atoms with Crippen molar-refractivity contribution < 1.29 is 23.8 Å². The van der Waals surface area contributed by atoms with Gasteiger partial charge in [0.25, 0.3) is 0 Å². The Hall–Kier alpha value is -3.22. The molecule has 2 heterocycles. The molecule has 33 heavy (non-hydrogen) atoms. The lowest BCUT2D eigenvalue weighted by atomic mass is 10.00. The number of carbonyl (C=O) groups is 2. The highest BCUT2D eigenvalue weighted by molar-refractivity contribution is 5.88. The van der Waals surface area contributed by atoms with Crippen LogP contribution in [0.3, 0.4) is 0 Å². The van der Waals surface area contributed by atoms with Gasteiger partial charge in [-0.05, 0) is 80.1 Å². The van der Waals surface area contributed by atoms with Crippen molar-refractivity contribution in [3.05, 3.63) is 47.5 Å². The zero-order valence-electron chi connectivity index (χ0n) is 20.1. The minimum atomic E-state index is -0.198. The number of nitrogens with two attached hydrogens (primary N) is 1. The van der Waals surface area contributed by atoms with Crippen molar-refractivity contribution in [1.29, 1.82) is 0 Å². The number of hydrogen-bond donors (Lipinski definition) is 2. The number of nitrogen functional groups attached to an aromatic ring is 1. The van der Waals surface area contributed by atoms with Crippen molar-refractivity contribution in [3.8, 4) is 11.5 Å². The minimum absolute atomic E-state index is 0.0401. The average Bonchev–Trinajstić information content (AvgIpc) is 2.80. The van der Waals surface area contributed by atoms with Crippen molar-refractivity contribution in [2.75, 3.05) is 24.3 Å². The van der Waals surface area contributed by atoms with Crippen molar-refractivity contribution in [3.63, 3.8) is 0 Å². The monoisotopic (exact) mass is 456 g/mol. The van der Waals surface area contributed by atoms with E-state index >= 15 is 0 Å². The van der Waals surface area contributed by atoms with E-state index < -0.39 is 0 Å². The van der Waals surface area contributed by atoms with Gasteiger partial charge in [0.15, 0.2) is 0 Å². The number of ether oxygens (including phenoxy) is 3. The Kier molecular flexibility index (Phi) is 10.5. The Morgan fingerprint density at radius 2 is 1.82 bits per heavy atom. The van der Waals surface area contributed by atoms with Crippen LogP contribution in [0.1, 0.15) is 58.1 Å². The summed E-state index contributed by atoms with van der Waals surface area (Å²) in [7, 11) is 0. The van der Waals surface area contributed by atoms with Crippen LogP contribution < -0.4 is 20.5 Å². The molecule has 7 heteroatoms. The molecular weight excluding hydrogens is 420 g/mol. The SMILES string of the molecule is CC.CC(=O)Nc1ccc2c(c1)CCCO2.CCOC(=O)C[C@@H]1CCc2cc(N)ccc2O1. The van der Waals surface area contributed by atoms with Gasteiger partial charge in [-0.2, -0.15) is 0 Å². The van der Waals surface area contributed by atoms with E-state index in [2.05, 4.69) is 5.32 Å². The van der Waals surface area contributed by atoms with Gasteiger partial charge in [0, 0.05) is 18.3 Å². The second kappa shape index (κ2) is 13.4. The lowest BCUT2D eigenvalue weighted by Crippen LogP contribution is -2.26. The summed E-state index contributed by atoms with van der Waals surface area (Å²) in [6.45, 7) is 8.53. The van der Waals surface area contributed by atoms with Gasteiger partial charge >= 0.3 is 5.97 Å². The summed E-state index contributed by atoms with van der Waals surface area (Å²) in [5.41, 5.74) is 9.60. The first-order valence-corrected chi connectivity index (χ1v) is 11.7. The summed E-state index contributed by atoms with van der Waals surface area (Å²) < 4.78 is 16.1. The Labute approximate surface area is 196 Å². The largest absolute Gasteiger partial charge is 0.493 e. The van der Waals surface area contributed by atoms with Gasteiger partial charge in [-0.1, -0.05) is 13.8 Å². The van der Waals surface area contributed by atoms with Crippen molar-refractivity contribution in [2.45, 2.75) is 65.9 Å². The third kappa shape index (κ3) is 8.33. The number of benzene rings is 2. The van der Waals surface area contributed by atoms with Crippen LogP contribution in [-0.4, -0.2) is 31.2 Å². The van der Waals surface area contributed by atoms with Crippen molar-refractivity contribution >= 4 is 23.3 Å². The first-order valence-electron chi connectivity index (χ1n) is 11.7. The van der Waals surface area contributed by atoms with Gasteiger partial charge in [-0.15, -0.1) is 0 Å². The lowest BCUT2D eigenvalue weighted by Gasteiger charge is -2.25. The molecule has 0 spiro atoms. The summed E-state index contributed by atoms with van der Waals surface area (Å²) in [6, 6.07) is 11.4. The van der Waals surface area contributed by atoms with E-state index in [-0.39, 0.29) is 18.0 Å². The molecule has 0 saturated heterocycles. The summed E-state index contributed by atoms with van der Waals surface area (Å²) in [5.74, 6) is 1.54. The molecule has 0 aliphatic carbocycles. The van der Waals surface area contributed by atoms with Crippen LogP contribution in [0.4, 0.5) is 11.4 Å². The molecule has 0 radical (unpaired) electrons. The summed E-state index contributed by atoms with van der Waals surface area (Å²) >= 11 is 0. The molecule has 180 valence electrons. The third-order valence-electron chi connectivity index (χ3n) is 5.04. The van der Waals surface area contributed by atoms with Crippen LogP contribution >= 0.6 is 0 Å². The second-order valence-corrected chi connectivity index (χ2v) is 7.61. The van der Waals surface area contributed by atoms with Crippen molar-refractivity contribution in [2.24, 2.45) is 0 Å². The van der Waals surface area contributed by atoms with E-state index in [0.29, 0.717) is 13.0 Å². The van der Waals surface area contributed by atoms with Crippen LogP contribution in [-0.2, 0) is 27.2 Å². The number of fused-ring (bicyclic) bond motifs is 2. The van der Waals surface area contributed by atoms with E-state index in [1.807, 2.05) is 50.2 Å². The maximum Gasteiger partial charge on any atom is 0.309 e. The summed E-state index contributed by atoms with van der Waals surface area (Å²) in [6.07, 6.45) is 4.04. The molecule has 2 aliphatic heterocycles. The van der Waals surface area contributed by atoms with Gasteiger partial charge < -0.3 is 25.3 Å². The number of amides is 1. The summed E-state index contributed by atoms with van der Waals surface area (Å²) in [4.78, 5) is 22.2. The Balaban J connectivity index is 0.000000221. The molecule has 0 fully saturated rings. The molecule has 0 unspecified atom stereocenters. The molecule has 2 aromatic carbocycles. The minimum Gasteiger partial charge on any atom is -0.493 e. The third-order valence-corrected chi connectivity index (χ3v) is 5.04. The van der Waals surface area contributed by atoms with Crippen LogP contribution in [0.2, 0.25) is 0 Å². The van der Waals surface area contributed by atoms with Gasteiger partial charge in [0.1, 0.15) is 17.6 Å². The molecule has 0 saturated carbocycles. The highest BCUT2D eigenvalue weighted by Gasteiger charge is 2.22. The highest BCUT2D eigenvalue weighted by atomic mass is 16.5. The molecule has 2 aliphatic rings. The number of anilines is 2. The zero-order chi connectivity index (χ0) is 24.2. The molecule has 7 nitrogen and oxygen atoms in total. The van der Waals surface area contributed by atoms with Crippen LogP contribution in [0, 0.1) is 0 Å². The molecule has 1 amide bonds. The number of nitrogens with one attached hydrogen (secondary N) is 1. The average molecular weight is 457 g/mol. The number of esters is 1. The van der Waals surface area contributed by atoms with Crippen LogP contribution in [0.15, 0.2) is 36.4 Å². The smallest absolute Gasteiger partial charge is 0.309 e. The molecular formula is C26H36N2O5. The van der Waals surface area contributed by atoms with Gasteiger partial charge in [0.05, 0.1) is 19.6 Å². The Bertz CT molecular complexity index is 929. The fourth-order valence-corrected chi connectivity index (χ4v) is 3.66. The zero-order valence-corrected chi connectivity index (χ0v) is 20.1. The predicted molar refractivity (Wildman–Crippen MR) is 131 cm³/mol. The summed E-state index contributed by atoms with van der Waals surface area (Å²) in [5, 5.41) is 2.76. The lowest BCUT2D eigenvalue weighted by molar-refractivity contribution is -0.145. The van der Waals surface area contributed by atoms with Gasteiger partial charge in [-0.25, -0.2) is 0 Å². The topological polar surface area (TPSA) is 99.9 Å². The normalized spacial score (nSPS) is 15.5. The maximum atomic E-state index is 11.4.